The SMILES string of the molecule is CCCCCCCCCCCCCCCCCCCCCCCCCC(=O)N[C@@H](CO[C@@H]1O[C@H](CO)[C@@H](O[C@@H]2O[C@H](CO)[C@H](O)C(O)C2O)C(O)C1O)[C@H](O)CCCCCCCCCCCCCCCCC. The van der Waals surface area contributed by atoms with Gasteiger partial charge in [-0.15, -0.1) is 0 Å². The molecule has 0 aliphatic carbocycles. The molecule has 2 aliphatic rings. The third-order valence-corrected chi connectivity index (χ3v) is 15.3. The van der Waals surface area contributed by atoms with Crippen LogP contribution in [0.3, 0.4) is 0 Å². The number of aliphatic hydroxyl groups is 8. The average molecular weight is 1030 g/mol. The zero-order chi connectivity index (χ0) is 52.4. The number of rotatable bonds is 49. The van der Waals surface area contributed by atoms with E-state index in [4.69, 9.17) is 18.9 Å². The number of aliphatic hydroxyl groups excluding tert-OH is 8. The lowest BCUT2D eigenvalue weighted by molar-refractivity contribution is -0.359. The number of nitrogens with one attached hydrogen (secondary N) is 1. The van der Waals surface area contributed by atoms with E-state index in [1.54, 1.807) is 0 Å². The van der Waals surface area contributed by atoms with Gasteiger partial charge in [-0.05, 0) is 12.8 Å². The van der Waals surface area contributed by atoms with Crippen LogP contribution < -0.4 is 5.32 Å². The molecule has 2 saturated heterocycles. The summed E-state index contributed by atoms with van der Waals surface area (Å²) in [6.45, 7) is 2.90. The first kappa shape index (κ1) is 67.1. The molecule has 1 amide bonds. The normalized spacial score (nSPS) is 25.5. The molecule has 0 bridgehead atoms. The Morgan fingerprint density at radius 1 is 0.444 bits per heavy atom. The highest BCUT2D eigenvalue weighted by atomic mass is 16.7. The minimum absolute atomic E-state index is 0.200. The Morgan fingerprint density at radius 2 is 0.792 bits per heavy atom. The molecule has 0 radical (unpaired) electrons. The van der Waals surface area contributed by atoms with E-state index in [-0.39, 0.29) is 12.5 Å². The molecule has 14 nitrogen and oxygen atoms in total. The zero-order valence-corrected chi connectivity index (χ0v) is 46.0. The van der Waals surface area contributed by atoms with Gasteiger partial charge in [0, 0.05) is 6.42 Å². The highest BCUT2D eigenvalue weighted by molar-refractivity contribution is 5.76. The van der Waals surface area contributed by atoms with Gasteiger partial charge in [0.15, 0.2) is 12.6 Å². The topological polar surface area (TPSA) is 228 Å². The third-order valence-electron chi connectivity index (χ3n) is 15.3. The number of hydrogen-bond acceptors (Lipinski definition) is 13. The van der Waals surface area contributed by atoms with Gasteiger partial charge in [0.05, 0.1) is 32.0 Å². The van der Waals surface area contributed by atoms with Crippen molar-refractivity contribution in [1.29, 1.82) is 0 Å². The van der Waals surface area contributed by atoms with Gasteiger partial charge in [-0.2, -0.15) is 0 Å². The lowest BCUT2D eigenvalue weighted by Crippen LogP contribution is -2.65. The van der Waals surface area contributed by atoms with E-state index >= 15 is 0 Å². The number of carbonyl (C=O) groups is 1. The quantitative estimate of drug-likeness (QED) is 0.0259. The van der Waals surface area contributed by atoms with Crippen LogP contribution >= 0.6 is 0 Å². The molecule has 12 atom stereocenters. The number of carbonyl (C=O) groups excluding carboxylic acids is 1. The van der Waals surface area contributed by atoms with Crippen LogP contribution in [0, 0.1) is 0 Å². The van der Waals surface area contributed by atoms with E-state index in [0.717, 1.165) is 51.4 Å². The molecule has 9 N–H and O–H groups in total. The summed E-state index contributed by atoms with van der Waals surface area (Å²) in [5, 5.41) is 87.2. The molecule has 428 valence electrons. The van der Waals surface area contributed by atoms with E-state index in [2.05, 4.69) is 19.2 Å². The van der Waals surface area contributed by atoms with Crippen molar-refractivity contribution in [2.24, 2.45) is 0 Å². The fourth-order valence-electron chi connectivity index (χ4n) is 10.4. The average Bonchev–Trinajstić information content (AvgIpc) is 3.38. The molecule has 0 spiro atoms. The molecule has 0 saturated carbocycles. The van der Waals surface area contributed by atoms with Gasteiger partial charge >= 0.3 is 0 Å². The summed E-state index contributed by atoms with van der Waals surface area (Å²) in [4.78, 5) is 13.3. The molecule has 0 aromatic heterocycles. The predicted octanol–water partition coefficient (Wildman–Crippen LogP) is 10.1. The number of hydrogen-bond donors (Lipinski definition) is 9. The van der Waals surface area contributed by atoms with Crippen molar-refractivity contribution in [2.45, 2.75) is 344 Å². The summed E-state index contributed by atoms with van der Waals surface area (Å²) < 4.78 is 22.8. The Kier molecular flexibility index (Phi) is 42.0. The fourth-order valence-corrected chi connectivity index (χ4v) is 10.4. The lowest BCUT2D eigenvalue weighted by Gasteiger charge is -2.46. The van der Waals surface area contributed by atoms with Gasteiger partial charge in [0.1, 0.15) is 48.8 Å². The van der Waals surface area contributed by atoms with Crippen LogP contribution in [0.5, 0.6) is 0 Å². The smallest absolute Gasteiger partial charge is 0.220 e. The Hall–Kier alpha value is -1.01. The van der Waals surface area contributed by atoms with E-state index in [9.17, 15) is 45.6 Å². The minimum Gasteiger partial charge on any atom is -0.394 e. The van der Waals surface area contributed by atoms with Gasteiger partial charge in [0.25, 0.3) is 0 Å². The third kappa shape index (κ3) is 30.7. The first-order valence-electron chi connectivity index (χ1n) is 30.3. The maximum atomic E-state index is 13.3. The Balaban J connectivity index is 1.72. The van der Waals surface area contributed by atoms with Crippen LogP contribution in [-0.2, 0) is 23.7 Å². The van der Waals surface area contributed by atoms with Crippen molar-refractivity contribution in [1.82, 2.24) is 5.32 Å². The van der Waals surface area contributed by atoms with Crippen LogP contribution in [0.15, 0.2) is 0 Å². The van der Waals surface area contributed by atoms with Gasteiger partial charge in [0.2, 0.25) is 5.91 Å². The van der Waals surface area contributed by atoms with Gasteiger partial charge in [-0.3, -0.25) is 4.79 Å². The monoisotopic (exact) mass is 1030 g/mol. The summed E-state index contributed by atoms with van der Waals surface area (Å²) >= 11 is 0. The van der Waals surface area contributed by atoms with Crippen LogP contribution in [0.4, 0.5) is 0 Å². The second-order valence-electron chi connectivity index (χ2n) is 21.8. The van der Waals surface area contributed by atoms with E-state index < -0.39 is 86.8 Å². The molecule has 2 fully saturated rings. The van der Waals surface area contributed by atoms with Crippen LogP contribution in [-0.4, -0.2) is 140 Å². The highest BCUT2D eigenvalue weighted by Gasteiger charge is 2.51. The van der Waals surface area contributed by atoms with Gasteiger partial charge in [-0.25, -0.2) is 0 Å². The molecule has 0 aromatic carbocycles. The minimum atomic E-state index is -1.78. The standard InChI is InChI=1S/C58H113NO13/c1-3-5-7-9-11-13-15-17-19-20-21-22-23-24-25-26-28-30-32-34-36-38-40-42-50(63)59-46(47(62)41-39-37-35-33-31-29-27-18-16-14-12-10-8-6-4-2)45-69-57-55(68)53(66)56(49(44-61)71-57)72-58-54(67)52(65)51(64)48(43-60)70-58/h46-49,51-58,60-62,64-68H,3-45H2,1-2H3,(H,59,63)/t46-,47+,48+,49+,51-,52?,53?,54?,55?,56+,57+,58-/m0/s1. The van der Waals surface area contributed by atoms with Crippen LogP contribution in [0.1, 0.15) is 271 Å². The summed E-state index contributed by atoms with van der Waals surface area (Å²) in [5.74, 6) is -0.200. The van der Waals surface area contributed by atoms with Crippen molar-refractivity contribution < 1.29 is 64.6 Å². The van der Waals surface area contributed by atoms with Crippen molar-refractivity contribution in [3.8, 4) is 0 Å². The van der Waals surface area contributed by atoms with Gasteiger partial charge < -0.3 is 65.1 Å². The van der Waals surface area contributed by atoms with Crippen molar-refractivity contribution in [3.63, 3.8) is 0 Å². The fraction of sp³-hybridized carbons (Fsp3) is 0.983. The summed E-state index contributed by atoms with van der Waals surface area (Å²) in [6.07, 6.45) is 32.5. The molecule has 2 rings (SSSR count). The zero-order valence-electron chi connectivity index (χ0n) is 46.0. The maximum absolute atomic E-state index is 13.3. The van der Waals surface area contributed by atoms with Gasteiger partial charge in [-0.1, -0.05) is 251 Å². The van der Waals surface area contributed by atoms with E-state index in [0.29, 0.717) is 12.8 Å². The number of unbranched alkanes of at least 4 members (excludes halogenated alkanes) is 36. The summed E-state index contributed by atoms with van der Waals surface area (Å²) in [6, 6.07) is -0.822. The van der Waals surface area contributed by atoms with E-state index in [1.807, 2.05) is 0 Å². The first-order chi connectivity index (χ1) is 35.1. The Labute approximate surface area is 438 Å². The Bertz CT molecular complexity index is 1220. The Morgan fingerprint density at radius 3 is 1.18 bits per heavy atom. The summed E-state index contributed by atoms with van der Waals surface area (Å²) in [5.41, 5.74) is 0. The predicted molar refractivity (Wildman–Crippen MR) is 286 cm³/mol. The molecule has 2 aliphatic heterocycles. The molecular formula is C58H113NO13. The molecule has 14 heteroatoms. The van der Waals surface area contributed by atoms with Crippen molar-refractivity contribution in [2.75, 3.05) is 19.8 Å². The summed E-state index contributed by atoms with van der Waals surface area (Å²) in [7, 11) is 0. The van der Waals surface area contributed by atoms with Crippen molar-refractivity contribution in [3.05, 3.63) is 0 Å². The lowest BCUT2D eigenvalue weighted by atomic mass is 9.97. The van der Waals surface area contributed by atoms with Crippen LogP contribution in [0.2, 0.25) is 0 Å². The number of ether oxygens (including phenoxy) is 4. The largest absolute Gasteiger partial charge is 0.394 e. The van der Waals surface area contributed by atoms with Crippen LogP contribution in [0.25, 0.3) is 0 Å². The molecule has 0 aromatic rings. The first-order valence-corrected chi connectivity index (χ1v) is 30.3. The highest BCUT2D eigenvalue weighted by Crippen LogP contribution is 2.30. The molecule has 72 heavy (non-hydrogen) atoms. The number of amides is 1. The second-order valence-corrected chi connectivity index (χ2v) is 21.8. The second kappa shape index (κ2) is 45.1. The molecule has 4 unspecified atom stereocenters. The molecular weight excluding hydrogens is 919 g/mol. The van der Waals surface area contributed by atoms with E-state index in [1.165, 1.54) is 193 Å². The molecule has 2 heterocycles. The maximum Gasteiger partial charge on any atom is 0.220 e. The van der Waals surface area contributed by atoms with Crippen molar-refractivity contribution >= 4 is 5.91 Å².